The second-order valence-corrected chi connectivity index (χ2v) is 4.93. The highest BCUT2D eigenvalue weighted by Crippen LogP contribution is 2.39. The molecule has 0 spiro atoms. The van der Waals surface area contributed by atoms with Crippen molar-refractivity contribution in [1.82, 2.24) is 0 Å². The molecule has 0 amide bonds. The van der Waals surface area contributed by atoms with Gasteiger partial charge >= 0.3 is 6.18 Å². The second-order valence-electron chi connectivity index (χ2n) is 4.93. The van der Waals surface area contributed by atoms with Gasteiger partial charge in [0.05, 0.1) is 11.6 Å². The van der Waals surface area contributed by atoms with Crippen molar-refractivity contribution < 1.29 is 26.3 Å². The summed E-state index contributed by atoms with van der Waals surface area (Å²) in [6, 6.07) is -0.154. The highest BCUT2D eigenvalue weighted by molar-refractivity contribution is 5.46. The van der Waals surface area contributed by atoms with E-state index in [4.69, 9.17) is 0 Å². The summed E-state index contributed by atoms with van der Waals surface area (Å²) in [5.41, 5.74) is -0.440. The minimum absolute atomic E-state index is 0.0491. The van der Waals surface area contributed by atoms with Crippen molar-refractivity contribution >= 4 is 5.69 Å². The summed E-state index contributed by atoms with van der Waals surface area (Å²) in [6.07, 6.45) is -3.21. The highest BCUT2D eigenvalue weighted by atomic mass is 19.4. The monoisotopic (exact) mass is 297 g/mol. The Morgan fingerprint density at radius 1 is 0.900 bits per heavy atom. The first-order valence-electron chi connectivity index (χ1n) is 6.27. The minimum Gasteiger partial charge on any atom is -0.379 e. The summed E-state index contributed by atoms with van der Waals surface area (Å²) in [7, 11) is 0. The molecule has 2 unspecified atom stereocenters. The first kappa shape index (κ1) is 15.0. The molecule has 0 aliphatic heterocycles. The van der Waals surface area contributed by atoms with Gasteiger partial charge in [-0.25, -0.2) is 13.2 Å². The largest absolute Gasteiger partial charge is 0.393 e. The smallest absolute Gasteiger partial charge is 0.379 e. The van der Waals surface area contributed by atoms with E-state index in [1.54, 1.807) is 0 Å². The van der Waals surface area contributed by atoms with Gasteiger partial charge in [-0.2, -0.15) is 13.2 Å². The average Bonchev–Trinajstić information content (AvgIpc) is 2.35. The van der Waals surface area contributed by atoms with Crippen LogP contribution in [0.3, 0.4) is 0 Å². The van der Waals surface area contributed by atoms with Crippen molar-refractivity contribution in [3.63, 3.8) is 0 Å². The lowest BCUT2D eigenvalue weighted by molar-refractivity contribution is -0.184. The van der Waals surface area contributed by atoms with Crippen molar-refractivity contribution in [2.24, 2.45) is 5.92 Å². The fourth-order valence-electron chi connectivity index (χ4n) is 2.53. The van der Waals surface area contributed by atoms with Crippen LogP contribution in [0.1, 0.15) is 25.7 Å². The summed E-state index contributed by atoms with van der Waals surface area (Å²) in [6.45, 7) is 0. The third-order valence-corrected chi connectivity index (χ3v) is 3.54. The predicted molar refractivity (Wildman–Crippen MR) is 61.7 cm³/mol. The van der Waals surface area contributed by atoms with Crippen molar-refractivity contribution in [2.75, 3.05) is 5.32 Å². The van der Waals surface area contributed by atoms with E-state index in [1.807, 2.05) is 0 Å². The van der Waals surface area contributed by atoms with E-state index in [-0.39, 0.29) is 12.8 Å². The van der Waals surface area contributed by atoms with Gasteiger partial charge < -0.3 is 5.32 Å². The van der Waals surface area contributed by atoms with Crippen LogP contribution in [0.2, 0.25) is 0 Å². The summed E-state index contributed by atoms with van der Waals surface area (Å²) in [4.78, 5) is 0. The number of nitrogens with one attached hydrogen (secondary N) is 1. The maximum absolute atomic E-state index is 13.5. The number of benzene rings is 1. The maximum Gasteiger partial charge on any atom is 0.393 e. The molecule has 1 fully saturated rings. The first-order chi connectivity index (χ1) is 9.29. The lowest BCUT2D eigenvalue weighted by atomic mass is 9.84. The number of hydrogen-bond acceptors (Lipinski definition) is 1. The maximum atomic E-state index is 13.5. The molecule has 1 aromatic rings. The quantitative estimate of drug-likeness (QED) is 0.619. The highest BCUT2D eigenvalue weighted by Gasteiger charge is 2.45. The van der Waals surface area contributed by atoms with Crippen LogP contribution in [-0.4, -0.2) is 12.2 Å². The third kappa shape index (κ3) is 3.19. The predicted octanol–water partition coefficient (Wildman–Crippen LogP) is 4.64. The number of hydrogen-bond donors (Lipinski definition) is 1. The zero-order chi connectivity index (χ0) is 14.9. The third-order valence-electron chi connectivity index (χ3n) is 3.54. The normalized spacial score (nSPS) is 23.7. The molecule has 1 nitrogen and oxygen atoms in total. The van der Waals surface area contributed by atoms with Crippen LogP contribution in [0.4, 0.5) is 32.0 Å². The lowest BCUT2D eigenvalue weighted by Crippen LogP contribution is -2.41. The van der Waals surface area contributed by atoms with E-state index in [2.05, 4.69) is 5.32 Å². The van der Waals surface area contributed by atoms with Gasteiger partial charge in [0.15, 0.2) is 11.6 Å². The summed E-state index contributed by atoms with van der Waals surface area (Å²) < 4.78 is 77.9. The van der Waals surface area contributed by atoms with Crippen LogP contribution in [-0.2, 0) is 0 Å². The molecule has 2 rings (SSSR count). The lowest BCUT2D eigenvalue weighted by Gasteiger charge is -2.34. The molecule has 0 saturated heterocycles. The minimum atomic E-state index is -4.40. The van der Waals surface area contributed by atoms with E-state index in [9.17, 15) is 26.3 Å². The number of alkyl halides is 3. The second kappa shape index (κ2) is 5.54. The number of rotatable bonds is 2. The van der Waals surface area contributed by atoms with E-state index in [0.29, 0.717) is 25.0 Å². The van der Waals surface area contributed by atoms with Gasteiger partial charge in [0.1, 0.15) is 5.82 Å². The summed E-state index contributed by atoms with van der Waals surface area (Å²) in [5.74, 6) is -5.38. The van der Waals surface area contributed by atoms with E-state index in [1.165, 1.54) is 0 Å². The molecule has 0 radical (unpaired) electrons. The Bertz CT molecular complexity index is 484. The van der Waals surface area contributed by atoms with Crippen LogP contribution >= 0.6 is 0 Å². The Morgan fingerprint density at radius 3 is 2.15 bits per heavy atom. The van der Waals surface area contributed by atoms with E-state index in [0.717, 1.165) is 0 Å². The fourth-order valence-corrected chi connectivity index (χ4v) is 2.53. The summed E-state index contributed by atoms with van der Waals surface area (Å²) in [5, 5.41) is 2.37. The van der Waals surface area contributed by atoms with Gasteiger partial charge in [-0.3, -0.25) is 0 Å². The molecule has 1 aliphatic rings. The molecule has 0 aromatic heterocycles. The topological polar surface area (TPSA) is 12.0 Å². The fraction of sp³-hybridized carbons (Fsp3) is 0.538. The number of halogens is 6. The van der Waals surface area contributed by atoms with Gasteiger partial charge in [-0.1, -0.05) is 12.8 Å². The van der Waals surface area contributed by atoms with Crippen LogP contribution < -0.4 is 5.32 Å². The molecule has 1 saturated carbocycles. The molecule has 20 heavy (non-hydrogen) atoms. The van der Waals surface area contributed by atoms with Gasteiger partial charge in [-0.05, 0) is 12.8 Å². The van der Waals surface area contributed by atoms with E-state index >= 15 is 0 Å². The molecule has 1 aliphatic carbocycles. The average molecular weight is 297 g/mol. The van der Waals surface area contributed by atoms with Crippen molar-refractivity contribution in [2.45, 2.75) is 37.9 Å². The van der Waals surface area contributed by atoms with Crippen molar-refractivity contribution in [3.8, 4) is 0 Å². The zero-order valence-corrected chi connectivity index (χ0v) is 10.4. The Kier molecular flexibility index (Phi) is 4.15. The first-order valence-corrected chi connectivity index (χ1v) is 6.27. The molecular weight excluding hydrogens is 284 g/mol. The van der Waals surface area contributed by atoms with Crippen LogP contribution in [0, 0.1) is 23.4 Å². The van der Waals surface area contributed by atoms with E-state index < -0.39 is 41.3 Å². The SMILES string of the molecule is Fc1cc(F)c(NC2CCCCC2C(F)(F)F)cc1F. The van der Waals surface area contributed by atoms with Gasteiger partial charge in [0.2, 0.25) is 0 Å². The van der Waals surface area contributed by atoms with Crippen LogP contribution in [0.15, 0.2) is 12.1 Å². The Labute approximate surface area is 112 Å². The standard InChI is InChI=1S/C13H13F6N/c14-8-5-10(16)12(6-9(8)15)20-11-4-2-1-3-7(11)13(17,18)19/h5-7,11,20H,1-4H2. The molecule has 7 heteroatoms. The summed E-state index contributed by atoms with van der Waals surface area (Å²) >= 11 is 0. The van der Waals surface area contributed by atoms with Crippen molar-refractivity contribution in [1.29, 1.82) is 0 Å². The van der Waals surface area contributed by atoms with Crippen LogP contribution in [0.5, 0.6) is 0 Å². The molecule has 112 valence electrons. The Morgan fingerprint density at radius 2 is 1.50 bits per heavy atom. The Hall–Kier alpha value is -1.40. The van der Waals surface area contributed by atoms with Gasteiger partial charge in [0.25, 0.3) is 0 Å². The Balaban J connectivity index is 2.21. The molecule has 0 heterocycles. The molecule has 1 N–H and O–H groups in total. The molecular formula is C13H13F6N. The number of anilines is 1. The van der Waals surface area contributed by atoms with Crippen LogP contribution in [0.25, 0.3) is 0 Å². The van der Waals surface area contributed by atoms with Crippen molar-refractivity contribution in [3.05, 3.63) is 29.6 Å². The van der Waals surface area contributed by atoms with Gasteiger partial charge in [-0.15, -0.1) is 0 Å². The zero-order valence-electron chi connectivity index (χ0n) is 10.4. The molecule has 2 atom stereocenters. The molecule has 0 bridgehead atoms. The van der Waals surface area contributed by atoms with Gasteiger partial charge in [0, 0.05) is 18.2 Å². The molecule has 1 aromatic carbocycles.